The van der Waals surface area contributed by atoms with Gasteiger partial charge in [-0.15, -0.1) is 0 Å². The van der Waals surface area contributed by atoms with Crippen LogP contribution in [0.4, 0.5) is 11.4 Å². The smallest absolute Gasteiger partial charge is 0.265 e. The van der Waals surface area contributed by atoms with Gasteiger partial charge in [-0.2, -0.15) is 0 Å². The van der Waals surface area contributed by atoms with Gasteiger partial charge >= 0.3 is 0 Å². The lowest BCUT2D eigenvalue weighted by atomic mass is 10.2. The van der Waals surface area contributed by atoms with E-state index in [-0.39, 0.29) is 12.5 Å². The molecule has 0 aromatic heterocycles. The molecule has 2 aliphatic rings. The zero-order chi connectivity index (χ0) is 10.4. The third-order valence-corrected chi connectivity index (χ3v) is 2.78. The standard InChI is InChI=1S/C11H12N2O2/c12-7-1-4-9-10(5-7)15-6-11(14)13(9)8-2-3-8/h1,4-5,8H,2-3,6,12H2. The van der Waals surface area contributed by atoms with Gasteiger partial charge in [0.2, 0.25) is 0 Å². The van der Waals surface area contributed by atoms with Gasteiger partial charge in [-0.05, 0) is 25.0 Å². The molecule has 3 rings (SSSR count). The SMILES string of the molecule is Nc1ccc2c(c1)OCC(=O)N2C1CC1. The molecule has 0 radical (unpaired) electrons. The summed E-state index contributed by atoms with van der Waals surface area (Å²) in [5, 5.41) is 0. The molecule has 1 aromatic carbocycles. The van der Waals surface area contributed by atoms with Gasteiger partial charge in [0.15, 0.2) is 6.61 Å². The molecule has 1 amide bonds. The molecule has 0 spiro atoms. The third-order valence-electron chi connectivity index (χ3n) is 2.78. The van der Waals surface area contributed by atoms with Gasteiger partial charge in [0.25, 0.3) is 5.91 Å². The summed E-state index contributed by atoms with van der Waals surface area (Å²) in [5.74, 6) is 0.774. The molecule has 1 aliphatic carbocycles. The van der Waals surface area contributed by atoms with E-state index < -0.39 is 0 Å². The Balaban J connectivity index is 2.07. The van der Waals surface area contributed by atoms with Crippen LogP contribution < -0.4 is 15.4 Å². The minimum absolute atomic E-state index is 0.0507. The van der Waals surface area contributed by atoms with E-state index >= 15 is 0 Å². The number of nitrogen functional groups attached to an aromatic ring is 1. The second-order valence-corrected chi connectivity index (χ2v) is 4.01. The molecule has 15 heavy (non-hydrogen) atoms. The summed E-state index contributed by atoms with van der Waals surface area (Å²) in [4.78, 5) is 13.5. The average molecular weight is 204 g/mol. The first-order valence-corrected chi connectivity index (χ1v) is 5.10. The van der Waals surface area contributed by atoms with Gasteiger partial charge in [0.1, 0.15) is 5.75 Å². The zero-order valence-electron chi connectivity index (χ0n) is 8.27. The van der Waals surface area contributed by atoms with Crippen molar-refractivity contribution in [2.24, 2.45) is 0 Å². The molecule has 0 atom stereocenters. The Hall–Kier alpha value is -1.71. The van der Waals surface area contributed by atoms with Crippen molar-refractivity contribution in [2.75, 3.05) is 17.2 Å². The molecule has 4 heteroatoms. The highest BCUT2D eigenvalue weighted by Crippen LogP contribution is 2.40. The van der Waals surface area contributed by atoms with E-state index in [9.17, 15) is 4.79 Å². The molecular formula is C11H12N2O2. The van der Waals surface area contributed by atoms with Crippen molar-refractivity contribution in [1.29, 1.82) is 0 Å². The molecule has 0 unspecified atom stereocenters. The number of carbonyl (C=O) groups is 1. The molecule has 0 saturated heterocycles. The minimum Gasteiger partial charge on any atom is -0.481 e. The topological polar surface area (TPSA) is 55.6 Å². The molecule has 1 fully saturated rings. The molecule has 1 aromatic rings. The molecule has 1 saturated carbocycles. The van der Waals surface area contributed by atoms with Crippen LogP contribution in [0.5, 0.6) is 5.75 Å². The van der Waals surface area contributed by atoms with Gasteiger partial charge in [0.05, 0.1) is 5.69 Å². The second-order valence-electron chi connectivity index (χ2n) is 4.01. The van der Waals surface area contributed by atoms with E-state index in [0.29, 0.717) is 11.7 Å². The van der Waals surface area contributed by atoms with Crippen molar-refractivity contribution in [2.45, 2.75) is 18.9 Å². The van der Waals surface area contributed by atoms with Crippen molar-refractivity contribution in [3.8, 4) is 5.75 Å². The number of amides is 1. The Kier molecular flexibility index (Phi) is 1.65. The van der Waals surface area contributed by atoms with Gasteiger partial charge in [0, 0.05) is 17.8 Å². The third kappa shape index (κ3) is 1.33. The number of benzene rings is 1. The van der Waals surface area contributed by atoms with E-state index in [4.69, 9.17) is 10.5 Å². The van der Waals surface area contributed by atoms with E-state index in [1.165, 1.54) is 0 Å². The number of carbonyl (C=O) groups excluding carboxylic acids is 1. The first-order valence-electron chi connectivity index (χ1n) is 5.10. The lowest BCUT2D eigenvalue weighted by Gasteiger charge is -2.29. The fraction of sp³-hybridized carbons (Fsp3) is 0.364. The number of nitrogens with zero attached hydrogens (tertiary/aromatic N) is 1. The lowest BCUT2D eigenvalue weighted by Crippen LogP contribution is -2.40. The Morgan fingerprint density at radius 1 is 1.40 bits per heavy atom. The van der Waals surface area contributed by atoms with E-state index in [1.54, 1.807) is 12.1 Å². The summed E-state index contributed by atoms with van der Waals surface area (Å²) < 4.78 is 5.35. The average Bonchev–Trinajstić information content (AvgIpc) is 3.02. The predicted molar refractivity (Wildman–Crippen MR) is 56.9 cm³/mol. The summed E-state index contributed by atoms with van der Waals surface area (Å²) in [6.07, 6.45) is 2.19. The van der Waals surface area contributed by atoms with Gasteiger partial charge in [-0.25, -0.2) is 0 Å². The molecule has 2 N–H and O–H groups in total. The maximum absolute atomic E-state index is 11.7. The normalized spacial score (nSPS) is 19.7. The number of hydrogen-bond acceptors (Lipinski definition) is 3. The van der Waals surface area contributed by atoms with Crippen molar-refractivity contribution in [3.05, 3.63) is 18.2 Å². The van der Waals surface area contributed by atoms with E-state index in [0.717, 1.165) is 24.3 Å². The largest absolute Gasteiger partial charge is 0.481 e. The monoisotopic (exact) mass is 204 g/mol. The van der Waals surface area contributed by atoms with Crippen molar-refractivity contribution >= 4 is 17.3 Å². The van der Waals surface area contributed by atoms with Gasteiger partial charge in [-0.3, -0.25) is 4.79 Å². The fourth-order valence-electron chi connectivity index (χ4n) is 1.92. The quantitative estimate of drug-likeness (QED) is 0.698. The summed E-state index contributed by atoms with van der Waals surface area (Å²) in [6.45, 7) is 0.132. The Morgan fingerprint density at radius 3 is 2.93 bits per heavy atom. The highest BCUT2D eigenvalue weighted by molar-refractivity contribution is 5.99. The van der Waals surface area contributed by atoms with Crippen molar-refractivity contribution in [3.63, 3.8) is 0 Å². The zero-order valence-corrected chi connectivity index (χ0v) is 8.27. The molecule has 78 valence electrons. The van der Waals surface area contributed by atoms with E-state index in [1.807, 2.05) is 11.0 Å². The van der Waals surface area contributed by atoms with Crippen molar-refractivity contribution in [1.82, 2.24) is 0 Å². The highest BCUT2D eigenvalue weighted by Gasteiger charge is 2.37. The number of fused-ring (bicyclic) bond motifs is 1. The van der Waals surface area contributed by atoms with Crippen LogP contribution in [0.15, 0.2) is 18.2 Å². The van der Waals surface area contributed by atoms with Crippen LogP contribution in [0.3, 0.4) is 0 Å². The van der Waals surface area contributed by atoms with Crippen LogP contribution in [0.25, 0.3) is 0 Å². The number of rotatable bonds is 1. The highest BCUT2D eigenvalue weighted by atomic mass is 16.5. The maximum atomic E-state index is 11.7. The number of ether oxygens (including phenoxy) is 1. The van der Waals surface area contributed by atoms with Gasteiger partial charge in [-0.1, -0.05) is 0 Å². The number of anilines is 2. The maximum Gasteiger partial charge on any atom is 0.265 e. The second kappa shape index (κ2) is 2.89. The first kappa shape index (κ1) is 8.59. The molecule has 1 aliphatic heterocycles. The molecular weight excluding hydrogens is 192 g/mol. The summed E-state index contributed by atoms with van der Waals surface area (Å²) >= 11 is 0. The summed E-state index contributed by atoms with van der Waals surface area (Å²) in [7, 11) is 0. The van der Waals surface area contributed by atoms with Crippen LogP contribution in [-0.2, 0) is 4.79 Å². The molecule has 4 nitrogen and oxygen atoms in total. The van der Waals surface area contributed by atoms with Crippen LogP contribution in [0.1, 0.15) is 12.8 Å². The summed E-state index contributed by atoms with van der Waals surface area (Å²) in [5.41, 5.74) is 7.20. The lowest BCUT2D eigenvalue weighted by molar-refractivity contribution is -0.121. The van der Waals surface area contributed by atoms with Gasteiger partial charge < -0.3 is 15.4 Å². The minimum atomic E-state index is 0.0507. The van der Waals surface area contributed by atoms with Crippen molar-refractivity contribution < 1.29 is 9.53 Å². The first-order chi connectivity index (χ1) is 7.25. The Labute approximate surface area is 87.6 Å². The van der Waals surface area contributed by atoms with Crippen LogP contribution in [0, 0.1) is 0 Å². The fourth-order valence-corrected chi connectivity index (χ4v) is 1.92. The Morgan fingerprint density at radius 2 is 2.20 bits per heavy atom. The molecule has 1 heterocycles. The number of nitrogens with two attached hydrogens (primary N) is 1. The molecule has 0 bridgehead atoms. The summed E-state index contributed by atoms with van der Waals surface area (Å²) in [6, 6.07) is 5.82. The number of hydrogen-bond donors (Lipinski definition) is 1. The van der Waals surface area contributed by atoms with Crippen LogP contribution >= 0.6 is 0 Å². The van der Waals surface area contributed by atoms with Crippen LogP contribution in [0.2, 0.25) is 0 Å². The van der Waals surface area contributed by atoms with E-state index in [2.05, 4.69) is 0 Å². The Bertz CT molecular complexity index is 427. The van der Waals surface area contributed by atoms with Crippen LogP contribution in [-0.4, -0.2) is 18.6 Å². The predicted octanol–water partition coefficient (Wildman–Crippen LogP) is 1.16.